The molecule has 1 aliphatic heterocycles. The van der Waals surface area contributed by atoms with Crippen LogP contribution in [0.5, 0.6) is 0 Å². The molecular weight excluding hydrogens is 386 g/mol. The molecule has 1 aliphatic carbocycles. The summed E-state index contributed by atoms with van der Waals surface area (Å²) in [5.74, 6) is 0.849. The minimum atomic E-state index is -0.0225. The summed E-state index contributed by atoms with van der Waals surface area (Å²) < 4.78 is 0. The first-order valence-corrected chi connectivity index (χ1v) is 12.2. The monoisotopic (exact) mass is 427 g/mol. The van der Waals surface area contributed by atoms with Crippen LogP contribution in [0.1, 0.15) is 76.2 Å². The molecule has 0 spiro atoms. The van der Waals surface area contributed by atoms with E-state index in [4.69, 9.17) is 0 Å². The third kappa shape index (κ3) is 5.49. The van der Waals surface area contributed by atoms with Crippen molar-refractivity contribution in [2.45, 2.75) is 71.8 Å². The van der Waals surface area contributed by atoms with Gasteiger partial charge >= 0.3 is 0 Å². The van der Waals surface area contributed by atoms with E-state index in [9.17, 15) is 9.59 Å². The Bertz CT molecular complexity index is 735. The van der Waals surface area contributed by atoms with Gasteiger partial charge in [-0.15, -0.1) is 0 Å². The fraction of sp³-hybridized carbons (Fsp3) is 0.692. The predicted octanol–water partition coefficient (Wildman–Crippen LogP) is 4.17. The molecule has 0 aromatic heterocycles. The van der Waals surface area contributed by atoms with Gasteiger partial charge in [-0.2, -0.15) is 0 Å². The lowest BCUT2D eigenvalue weighted by atomic mass is 9.86. The number of likely N-dealkylation sites (N-methyl/N-ethyl adjacent to an activating group) is 1. The number of carbonyl (C=O) groups excluding carboxylic acids is 2. The van der Waals surface area contributed by atoms with Crippen LogP contribution in [-0.4, -0.2) is 71.8 Å². The Morgan fingerprint density at radius 1 is 0.968 bits per heavy atom. The van der Waals surface area contributed by atoms with Gasteiger partial charge in [0.1, 0.15) is 0 Å². The van der Waals surface area contributed by atoms with Crippen molar-refractivity contribution in [1.82, 2.24) is 14.7 Å². The van der Waals surface area contributed by atoms with Crippen LogP contribution >= 0.6 is 0 Å². The van der Waals surface area contributed by atoms with Crippen molar-refractivity contribution in [3.63, 3.8) is 0 Å². The molecule has 1 heterocycles. The molecule has 3 rings (SSSR count). The molecule has 31 heavy (non-hydrogen) atoms. The SMILES string of the molecule is CCN(CC)C(=O)C(C1CCCC1)N1CCN(C(=O)c2ccc(C(C)(C)C)cc2)CC1. The maximum absolute atomic E-state index is 13.3. The van der Waals surface area contributed by atoms with Gasteiger partial charge in [0.05, 0.1) is 6.04 Å². The van der Waals surface area contributed by atoms with Gasteiger partial charge in [-0.05, 0) is 55.7 Å². The summed E-state index contributed by atoms with van der Waals surface area (Å²) in [4.78, 5) is 32.7. The number of piperazine rings is 1. The van der Waals surface area contributed by atoms with Crippen molar-refractivity contribution in [3.8, 4) is 0 Å². The van der Waals surface area contributed by atoms with Crippen molar-refractivity contribution < 1.29 is 9.59 Å². The lowest BCUT2D eigenvalue weighted by Crippen LogP contribution is -2.58. The van der Waals surface area contributed by atoms with E-state index >= 15 is 0 Å². The lowest BCUT2D eigenvalue weighted by molar-refractivity contribution is -0.139. The summed E-state index contributed by atoms with van der Waals surface area (Å²) in [6.45, 7) is 15.1. The normalized spacial score (nSPS) is 19.5. The third-order valence-corrected chi connectivity index (χ3v) is 7.17. The molecule has 2 fully saturated rings. The van der Waals surface area contributed by atoms with Crippen LogP contribution in [0.2, 0.25) is 0 Å². The molecule has 172 valence electrons. The highest BCUT2D eigenvalue weighted by molar-refractivity contribution is 5.94. The van der Waals surface area contributed by atoms with Gasteiger partial charge in [0, 0.05) is 44.8 Å². The molecule has 1 aromatic rings. The minimum Gasteiger partial charge on any atom is -0.342 e. The van der Waals surface area contributed by atoms with Crippen LogP contribution in [0.15, 0.2) is 24.3 Å². The van der Waals surface area contributed by atoms with Gasteiger partial charge in [0.15, 0.2) is 0 Å². The molecule has 2 aliphatic rings. The van der Waals surface area contributed by atoms with Crippen LogP contribution in [0.3, 0.4) is 0 Å². The maximum Gasteiger partial charge on any atom is 0.253 e. The van der Waals surface area contributed by atoms with Crippen molar-refractivity contribution >= 4 is 11.8 Å². The first-order valence-electron chi connectivity index (χ1n) is 12.2. The fourth-order valence-corrected chi connectivity index (χ4v) is 5.15. The molecule has 0 N–H and O–H groups in total. The van der Waals surface area contributed by atoms with Crippen LogP contribution in [0, 0.1) is 5.92 Å². The van der Waals surface area contributed by atoms with Crippen molar-refractivity contribution in [1.29, 1.82) is 0 Å². The Kier molecular flexibility index (Phi) is 7.79. The zero-order chi connectivity index (χ0) is 22.6. The summed E-state index contributed by atoms with van der Waals surface area (Å²) in [5.41, 5.74) is 2.08. The van der Waals surface area contributed by atoms with Crippen LogP contribution in [0.25, 0.3) is 0 Å². The highest BCUT2D eigenvalue weighted by atomic mass is 16.2. The fourth-order valence-electron chi connectivity index (χ4n) is 5.15. The zero-order valence-electron chi connectivity index (χ0n) is 20.2. The van der Waals surface area contributed by atoms with Gasteiger partial charge in [0.2, 0.25) is 5.91 Å². The second-order valence-electron chi connectivity index (χ2n) is 10.2. The number of benzene rings is 1. The molecular formula is C26H41N3O2. The van der Waals surface area contributed by atoms with E-state index in [0.29, 0.717) is 19.0 Å². The highest BCUT2D eigenvalue weighted by Gasteiger charge is 2.38. The molecule has 1 saturated carbocycles. The number of rotatable bonds is 6. The summed E-state index contributed by atoms with van der Waals surface area (Å²) in [6.07, 6.45) is 4.76. The number of amides is 2. The molecule has 1 aromatic carbocycles. The van der Waals surface area contributed by atoms with Crippen molar-refractivity contribution in [2.75, 3.05) is 39.3 Å². The third-order valence-electron chi connectivity index (χ3n) is 7.17. The van der Waals surface area contributed by atoms with Crippen molar-refractivity contribution in [2.24, 2.45) is 5.92 Å². The van der Waals surface area contributed by atoms with E-state index in [1.165, 1.54) is 18.4 Å². The van der Waals surface area contributed by atoms with E-state index in [2.05, 4.69) is 51.7 Å². The molecule has 1 saturated heterocycles. The van der Waals surface area contributed by atoms with Crippen molar-refractivity contribution in [3.05, 3.63) is 35.4 Å². The van der Waals surface area contributed by atoms with Crippen LogP contribution < -0.4 is 0 Å². The summed E-state index contributed by atoms with van der Waals surface area (Å²) in [6, 6.07) is 8.04. The number of hydrogen-bond donors (Lipinski definition) is 0. The number of nitrogens with zero attached hydrogens (tertiary/aromatic N) is 3. The van der Waals surface area contributed by atoms with Crippen LogP contribution in [0.4, 0.5) is 0 Å². The Morgan fingerprint density at radius 3 is 2.00 bits per heavy atom. The number of carbonyl (C=O) groups is 2. The smallest absolute Gasteiger partial charge is 0.253 e. The standard InChI is InChI=1S/C26H41N3O2/c1-6-27(7-2)25(31)23(20-10-8-9-11-20)28-16-18-29(19-17-28)24(30)21-12-14-22(15-13-21)26(3,4)5/h12-15,20,23H,6-11,16-19H2,1-5H3. The predicted molar refractivity (Wildman–Crippen MR) is 126 cm³/mol. The second kappa shape index (κ2) is 10.2. The van der Waals surface area contributed by atoms with E-state index < -0.39 is 0 Å². The topological polar surface area (TPSA) is 43.9 Å². The van der Waals surface area contributed by atoms with Gasteiger partial charge in [-0.3, -0.25) is 14.5 Å². The molecule has 0 bridgehead atoms. The Hall–Kier alpha value is -1.88. The first kappa shape index (κ1) is 23.8. The Labute approximate surface area is 188 Å². The van der Waals surface area contributed by atoms with E-state index in [1.54, 1.807) is 0 Å². The molecule has 1 atom stereocenters. The first-order chi connectivity index (χ1) is 14.8. The molecule has 2 amide bonds. The summed E-state index contributed by atoms with van der Waals surface area (Å²) in [5, 5.41) is 0. The summed E-state index contributed by atoms with van der Waals surface area (Å²) in [7, 11) is 0. The van der Waals surface area contributed by atoms with Crippen LogP contribution in [-0.2, 0) is 10.2 Å². The van der Waals surface area contributed by atoms with Gasteiger partial charge in [-0.1, -0.05) is 45.7 Å². The van der Waals surface area contributed by atoms with Gasteiger partial charge in [0.25, 0.3) is 5.91 Å². The minimum absolute atomic E-state index is 0.0225. The van der Waals surface area contributed by atoms with E-state index in [1.807, 2.05) is 21.9 Å². The molecule has 5 nitrogen and oxygen atoms in total. The Morgan fingerprint density at radius 2 is 1.52 bits per heavy atom. The summed E-state index contributed by atoms with van der Waals surface area (Å²) >= 11 is 0. The zero-order valence-corrected chi connectivity index (χ0v) is 20.2. The van der Waals surface area contributed by atoms with Gasteiger partial charge in [-0.25, -0.2) is 0 Å². The largest absolute Gasteiger partial charge is 0.342 e. The number of hydrogen-bond acceptors (Lipinski definition) is 3. The molecule has 5 heteroatoms. The van der Waals surface area contributed by atoms with Gasteiger partial charge < -0.3 is 9.80 Å². The maximum atomic E-state index is 13.3. The molecule has 1 unspecified atom stereocenters. The highest BCUT2D eigenvalue weighted by Crippen LogP contribution is 2.32. The quantitative estimate of drug-likeness (QED) is 0.684. The Balaban J connectivity index is 1.66. The average molecular weight is 428 g/mol. The second-order valence-corrected chi connectivity index (χ2v) is 10.2. The molecule has 0 radical (unpaired) electrons. The average Bonchev–Trinajstić information content (AvgIpc) is 3.28. The lowest BCUT2D eigenvalue weighted by Gasteiger charge is -2.42. The van der Waals surface area contributed by atoms with E-state index in [0.717, 1.165) is 44.6 Å². The van der Waals surface area contributed by atoms with E-state index in [-0.39, 0.29) is 23.3 Å².